The zero-order chi connectivity index (χ0) is 11.4. The largest absolute Gasteiger partial charge is 0.496 e. The summed E-state index contributed by atoms with van der Waals surface area (Å²) in [6, 6.07) is 5.50. The van der Waals surface area contributed by atoms with Crippen molar-refractivity contribution in [3.8, 4) is 5.75 Å². The first-order chi connectivity index (χ1) is 7.04. The minimum Gasteiger partial charge on any atom is -0.496 e. The van der Waals surface area contributed by atoms with Crippen molar-refractivity contribution >= 4 is 33.7 Å². The van der Waals surface area contributed by atoms with Gasteiger partial charge in [0.1, 0.15) is 11.0 Å². The van der Waals surface area contributed by atoms with Crippen molar-refractivity contribution < 1.29 is 14.6 Å². The highest BCUT2D eigenvalue weighted by atomic mass is 79.9. The van der Waals surface area contributed by atoms with Crippen molar-refractivity contribution in [2.45, 2.75) is 17.1 Å². The molecule has 82 valence electrons. The average Bonchev–Trinajstić information content (AvgIpc) is 2.18. The summed E-state index contributed by atoms with van der Waals surface area (Å²) >= 11 is 4.65. The Labute approximate surface area is 101 Å². The topological polar surface area (TPSA) is 46.5 Å². The highest BCUT2D eigenvalue weighted by Gasteiger charge is 2.13. The smallest absolute Gasteiger partial charge is 0.316 e. The molecule has 0 bridgehead atoms. The van der Waals surface area contributed by atoms with E-state index in [2.05, 4.69) is 15.9 Å². The molecule has 0 aromatic heterocycles. The predicted octanol–water partition coefficient (Wildman–Crippen LogP) is 3.02. The molecule has 0 saturated carbocycles. The van der Waals surface area contributed by atoms with E-state index in [4.69, 9.17) is 9.84 Å². The molecular formula is C10H11BrO3S. The Bertz CT molecular complexity index is 368. The number of thioether (sulfide) groups is 1. The van der Waals surface area contributed by atoms with Gasteiger partial charge in [0.25, 0.3) is 0 Å². The zero-order valence-corrected chi connectivity index (χ0v) is 10.8. The fraction of sp³-hybridized carbons (Fsp3) is 0.300. The summed E-state index contributed by atoms with van der Waals surface area (Å²) < 4.78 is 5.91. The lowest BCUT2D eigenvalue weighted by Crippen LogP contribution is -2.10. The molecule has 0 heterocycles. The molecule has 0 radical (unpaired) electrons. The number of aliphatic carboxylic acids is 1. The van der Waals surface area contributed by atoms with Crippen molar-refractivity contribution in [1.82, 2.24) is 0 Å². The molecule has 1 aromatic rings. The van der Waals surface area contributed by atoms with Crippen molar-refractivity contribution in [3.63, 3.8) is 0 Å². The number of rotatable bonds is 4. The molecule has 0 aliphatic rings. The lowest BCUT2D eigenvalue weighted by molar-refractivity contribution is -0.136. The number of methoxy groups -OCH3 is 1. The van der Waals surface area contributed by atoms with Crippen LogP contribution in [0.1, 0.15) is 6.92 Å². The zero-order valence-electron chi connectivity index (χ0n) is 8.36. The first kappa shape index (κ1) is 12.4. The second-order valence-electron chi connectivity index (χ2n) is 2.89. The van der Waals surface area contributed by atoms with Gasteiger partial charge >= 0.3 is 5.97 Å². The van der Waals surface area contributed by atoms with E-state index >= 15 is 0 Å². The molecular weight excluding hydrogens is 280 g/mol. The lowest BCUT2D eigenvalue weighted by atomic mass is 10.3. The van der Waals surface area contributed by atoms with Gasteiger partial charge in [0, 0.05) is 4.90 Å². The number of carbonyl (C=O) groups is 1. The summed E-state index contributed by atoms with van der Waals surface area (Å²) in [4.78, 5) is 11.6. The summed E-state index contributed by atoms with van der Waals surface area (Å²) in [6.07, 6.45) is 0. The van der Waals surface area contributed by atoms with E-state index < -0.39 is 11.2 Å². The van der Waals surface area contributed by atoms with Crippen molar-refractivity contribution in [1.29, 1.82) is 0 Å². The summed E-state index contributed by atoms with van der Waals surface area (Å²) in [7, 11) is 1.59. The van der Waals surface area contributed by atoms with Gasteiger partial charge in [0.05, 0.1) is 11.6 Å². The van der Waals surface area contributed by atoms with Crippen LogP contribution in [0.2, 0.25) is 0 Å². The molecule has 0 saturated heterocycles. The highest BCUT2D eigenvalue weighted by molar-refractivity contribution is 9.10. The van der Waals surface area contributed by atoms with Crippen LogP contribution in [0.4, 0.5) is 0 Å². The fourth-order valence-corrected chi connectivity index (χ4v) is 2.51. The van der Waals surface area contributed by atoms with Crippen molar-refractivity contribution in [2.24, 2.45) is 0 Å². The molecule has 1 unspecified atom stereocenters. The average molecular weight is 291 g/mol. The van der Waals surface area contributed by atoms with Gasteiger partial charge in [-0.15, -0.1) is 11.8 Å². The minimum absolute atomic E-state index is 0.453. The molecule has 1 aromatic carbocycles. The van der Waals surface area contributed by atoms with Crippen LogP contribution in [0.5, 0.6) is 5.75 Å². The van der Waals surface area contributed by atoms with Gasteiger partial charge in [-0.05, 0) is 41.1 Å². The van der Waals surface area contributed by atoms with Gasteiger partial charge < -0.3 is 9.84 Å². The maximum absolute atomic E-state index is 10.7. The normalized spacial score (nSPS) is 12.2. The minimum atomic E-state index is -0.813. The van der Waals surface area contributed by atoms with Gasteiger partial charge in [0.2, 0.25) is 0 Å². The Morgan fingerprint density at radius 2 is 2.27 bits per heavy atom. The molecule has 1 atom stereocenters. The first-order valence-corrected chi connectivity index (χ1v) is 5.95. The Kier molecular flexibility index (Phi) is 4.47. The standard InChI is InChI=1S/C10H11BrO3S/c1-6(10(12)13)15-7-3-4-9(14-2)8(11)5-7/h3-6H,1-2H3,(H,12,13). The molecule has 0 aliphatic carbocycles. The van der Waals surface area contributed by atoms with E-state index in [1.807, 2.05) is 12.1 Å². The van der Waals surface area contributed by atoms with E-state index in [1.54, 1.807) is 20.1 Å². The predicted molar refractivity (Wildman–Crippen MR) is 63.6 cm³/mol. The molecule has 0 aliphatic heterocycles. The van der Waals surface area contributed by atoms with E-state index in [9.17, 15) is 4.79 Å². The summed E-state index contributed by atoms with van der Waals surface area (Å²) in [5.74, 6) is -0.0748. The van der Waals surface area contributed by atoms with Crippen LogP contribution >= 0.6 is 27.7 Å². The van der Waals surface area contributed by atoms with Gasteiger partial charge in [-0.2, -0.15) is 0 Å². The Morgan fingerprint density at radius 3 is 2.73 bits per heavy atom. The van der Waals surface area contributed by atoms with Gasteiger partial charge in [-0.1, -0.05) is 0 Å². The molecule has 3 nitrogen and oxygen atoms in total. The second kappa shape index (κ2) is 5.42. The lowest BCUT2D eigenvalue weighted by Gasteiger charge is -2.08. The van der Waals surface area contributed by atoms with Crippen LogP contribution in [0.3, 0.4) is 0 Å². The number of hydrogen-bond donors (Lipinski definition) is 1. The van der Waals surface area contributed by atoms with Crippen LogP contribution in [0.15, 0.2) is 27.6 Å². The van der Waals surface area contributed by atoms with Gasteiger partial charge in [0.15, 0.2) is 0 Å². The van der Waals surface area contributed by atoms with Gasteiger partial charge in [-0.3, -0.25) is 4.79 Å². The van der Waals surface area contributed by atoms with Crippen LogP contribution in [0, 0.1) is 0 Å². The summed E-state index contributed by atoms with van der Waals surface area (Å²) in [5, 5.41) is 8.30. The van der Waals surface area contributed by atoms with E-state index in [-0.39, 0.29) is 0 Å². The fourth-order valence-electron chi connectivity index (χ4n) is 0.975. The molecule has 5 heteroatoms. The van der Waals surface area contributed by atoms with E-state index in [0.717, 1.165) is 15.1 Å². The monoisotopic (exact) mass is 290 g/mol. The number of ether oxygens (including phenoxy) is 1. The van der Waals surface area contributed by atoms with Crippen LogP contribution in [-0.4, -0.2) is 23.4 Å². The molecule has 1 N–H and O–H groups in total. The summed E-state index contributed by atoms with van der Waals surface area (Å²) in [6.45, 7) is 1.66. The number of benzene rings is 1. The maximum Gasteiger partial charge on any atom is 0.316 e. The van der Waals surface area contributed by atoms with Crippen molar-refractivity contribution in [2.75, 3.05) is 7.11 Å². The van der Waals surface area contributed by atoms with Crippen LogP contribution in [-0.2, 0) is 4.79 Å². The Morgan fingerprint density at radius 1 is 1.60 bits per heavy atom. The third kappa shape index (κ3) is 3.43. The third-order valence-corrected chi connectivity index (χ3v) is 3.48. The van der Waals surface area contributed by atoms with Crippen molar-refractivity contribution in [3.05, 3.63) is 22.7 Å². The van der Waals surface area contributed by atoms with E-state index in [1.165, 1.54) is 11.8 Å². The molecule has 0 spiro atoms. The number of hydrogen-bond acceptors (Lipinski definition) is 3. The molecule has 1 rings (SSSR count). The SMILES string of the molecule is COc1ccc(SC(C)C(=O)O)cc1Br. The molecule has 0 amide bonds. The molecule has 15 heavy (non-hydrogen) atoms. The van der Waals surface area contributed by atoms with E-state index in [0.29, 0.717) is 0 Å². The number of halogens is 1. The first-order valence-electron chi connectivity index (χ1n) is 4.27. The maximum atomic E-state index is 10.7. The number of carboxylic acid groups (broad SMARTS) is 1. The quantitative estimate of drug-likeness (QED) is 0.866. The van der Waals surface area contributed by atoms with Crippen LogP contribution in [0.25, 0.3) is 0 Å². The number of carboxylic acids is 1. The van der Waals surface area contributed by atoms with Crippen LogP contribution < -0.4 is 4.74 Å². The second-order valence-corrected chi connectivity index (χ2v) is 5.16. The third-order valence-electron chi connectivity index (χ3n) is 1.78. The Hall–Kier alpha value is -0.680. The Balaban J connectivity index is 2.79. The summed E-state index contributed by atoms with van der Waals surface area (Å²) in [5.41, 5.74) is 0. The van der Waals surface area contributed by atoms with Gasteiger partial charge in [-0.25, -0.2) is 0 Å². The molecule has 0 fully saturated rings. The highest BCUT2D eigenvalue weighted by Crippen LogP contribution is 2.31.